The maximum atomic E-state index is 13.8. The Hall–Kier alpha value is -2.20. The number of aliphatic hydroxyl groups is 1. The number of aryl methyl sites for hydroxylation is 1. The van der Waals surface area contributed by atoms with E-state index < -0.39 is 11.9 Å². The second-order valence-electron chi connectivity index (χ2n) is 5.07. The monoisotopic (exact) mass is 271 g/mol. The van der Waals surface area contributed by atoms with Gasteiger partial charge in [0.15, 0.2) is 0 Å². The predicted molar refractivity (Wildman–Crippen MR) is 74.0 cm³/mol. The van der Waals surface area contributed by atoms with Crippen molar-refractivity contribution in [2.24, 2.45) is 0 Å². The van der Waals surface area contributed by atoms with Crippen LogP contribution in [0.25, 0.3) is 0 Å². The number of amides is 1. The van der Waals surface area contributed by atoms with Gasteiger partial charge in [-0.3, -0.25) is 4.79 Å². The summed E-state index contributed by atoms with van der Waals surface area (Å²) in [7, 11) is 0. The molecule has 2 aromatic carbocycles. The first-order valence-electron chi connectivity index (χ1n) is 6.41. The van der Waals surface area contributed by atoms with Crippen LogP contribution in [0.3, 0.4) is 0 Å². The summed E-state index contributed by atoms with van der Waals surface area (Å²) in [6.07, 6.45) is -0.734. The van der Waals surface area contributed by atoms with E-state index in [0.29, 0.717) is 12.0 Å². The van der Waals surface area contributed by atoms with E-state index in [1.54, 1.807) is 30.3 Å². The molecule has 102 valence electrons. The molecule has 1 aliphatic rings. The molecule has 3 rings (SSSR count). The van der Waals surface area contributed by atoms with Gasteiger partial charge in [0.1, 0.15) is 11.9 Å². The largest absolute Gasteiger partial charge is 0.384 e. The smallest absolute Gasteiger partial charge is 0.228 e. The fourth-order valence-electron chi connectivity index (χ4n) is 2.47. The maximum absolute atomic E-state index is 13.8. The molecule has 1 atom stereocenters. The van der Waals surface area contributed by atoms with Gasteiger partial charge in [0.05, 0.1) is 6.42 Å². The van der Waals surface area contributed by atoms with Crippen LogP contribution in [-0.2, 0) is 11.2 Å². The topological polar surface area (TPSA) is 49.3 Å². The van der Waals surface area contributed by atoms with Gasteiger partial charge in [-0.15, -0.1) is 0 Å². The second-order valence-corrected chi connectivity index (χ2v) is 5.07. The summed E-state index contributed by atoms with van der Waals surface area (Å²) in [6.45, 7) is 1.85. The Morgan fingerprint density at radius 2 is 2.05 bits per heavy atom. The summed E-state index contributed by atoms with van der Waals surface area (Å²) in [5, 5.41) is 13.1. The lowest BCUT2D eigenvalue weighted by atomic mass is 9.97. The van der Waals surface area contributed by atoms with E-state index >= 15 is 0 Å². The lowest BCUT2D eigenvalue weighted by Gasteiger charge is -2.14. The summed E-state index contributed by atoms with van der Waals surface area (Å²) in [5.41, 5.74) is 3.32. The highest BCUT2D eigenvalue weighted by molar-refractivity contribution is 5.99. The van der Waals surface area contributed by atoms with Gasteiger partial charge in [-0.25, -0.2) is 4.39 Å². The molecule has 1 aliphatic heterocycles. The summed E-state index contributed by atoms with van der Waals surface area (Å²) >= 11 is 0. The number of anilines is 1. The molecule has 0 saturated heterocycles. The Morgan fingerprint density at radius 3 is 2.85 bits per heavy atom. The van der Waals surface area contributed by atoms with Crippen molar-refractivity contribution in [3.05, 3.63) is 64.5 Å². The number of carbonyl (C=O) groups excluding carboxylic acids is 1. The Bertz CT molecular complexity index is 697. The number of nitrogens with one attached hydrogen (secondary N) is 1. The zero-order chi connectivity index (χ0) is 14.3. The third kappa shape index (κ3) is 2.18. The minimum absolute atomic E-state index is 0.0617. The fourth-order valence-corrected chi connectivity index (χ4v) is 2.47. The van der Waals surface area contributed by atoms with E-state index in [0.717, 1.165) is 16.8 Å². The molecule has 0 saturated carbocycles. The van der Waals surface area contributed by atoms with E-state index in [4.69, 9.17) is 0 Å². The third-order valence-corrected chi connectivity index (χ3v) is 3.52. The number of halogens is 1. The zero-order valence-corrected chi connectivity index (χ0v) is 11.0. The third-order valence-electron chi connectivity index (χ3n) is 3.52. The van der Waals surface area contributed by atoms with Gasteiger partial charge in [0.2, 0.25) is 5.91 Å². The number of carbonyl (C=O) groups is 1. The summed E-state index contributed by atoms with van der Waals surface area (Å²) in [4.78, 5) is 11.3. The van der Waals surface area contributed by atoms with Gasteiger partial charge in [-0.05, 0) is 30.2 Å². The first-order valence-corrected chi connectivity index (χ1v) is 6.41. The van der Waals surface area contributed by atoms with Crippen LogP contribution < -0.4 is 5.32 Å². The van der Waals surface area contributed by atoms with Crippen molar-refractivity contribution in [3.63, 3.8) is 0 Å². The molecule has 0 aliphatic carbocycles. The first-order chi connectivity index (χ1) is 9.54. The quantitative estimate of drug-likeness (QED) is 0.882. The van der Waals surface area contributed by atoms with Gasteiger partial charge < -0.3 is 10.4 Å². The summed E-state index contributed by atoms with van der Waals surface area (Å²) in [6, 6.07) is 9.85. The van der Waals surface area contributed by atoms with Crippen LogP contribution in [0.15, 0.2) is 36.4 Å². The van der Waals surface area contributed by atoms with E-state index in [1.807, 2.05) is 6.92 Å². The Kier molecular flexibility index (Phi) is 3.03. The van der Waals surface area contributed by atoms with Crippen molar-refractivity contribution in [2.75, 3.05) is 5.32 Å². The Balaban J connectivity index is 1.99. The molecule has 2 aromatic rings. The molecule has 0 aromatic heterocycles. The molecular formula is C16H14FNO2. The number of hydrogen-bond acceptors (Lipinski definition) is 2. The molecule has 1 amide bonds. The summed E-state index contributed by atoms with van der Waals surface area (Å²) < 4.78 is 13.8. The van der Waals surface area contributed by atoms with Crippen molar-refractivity contribution in [3.8, 4) is 0 Å². The molecule has 0 spiro atoms. The predicted octanol–water partition coefficient (Wildman–Crippen LogP) is 2.71. The lowest BCUT2D eigenvalue weighted by molar-refractivity contribution is -0.115. The van der Waals surface area contributed by atoms with Gasteiger partial charge >= 0.3 is 0 Å². The van der Waals surface area contributed by atoms with Crippen molar-refractivity contribution in [1.29, 1.82) is 0 Å². The van der Waals surface area contributed by atoms with Crippen LogP contribution in [0.4, 0.5) is 10.1 Å². The van der Waals surface area contributed by atoms with E-state index in [9.17, 15) is 14.3 Å². The second kappa shape index (κ2) is 4.72. The Morgan fingerprint density at radius 1 is 1.25 bits per heavy atom. The van der Waals surface area contributed by atoms with Gasteiger partial charge in [0.25, 0.3) is 0 Å². The molecule has 0 fully saturated rings. The van der Waals surface area contributed by atoms with Crippen molar-refractivity contribution in [1.82, 2.24) is 0 Å². The minimum Gasteiger partial charge on any atom is -0.384 e. The van der Waals surface area contributed by atoms with Gasteiger partial charge in [-0.2, -0.15) is 0 Å². The van der Waals surface area contributed by atoms with Crippen molar-refractivity contribution >= 4 is 11.6 Å². The average molecular weight is 271 g/mol. The first kappa shape index (κ1) is 12.8. The average Bonchev–Trinajstić information content (AvgIpc) is 2.79. The highest BCUT2D eigenvalue weighted by atomic mass is 19.1. The SMILES string of the molecule is Cc1ccc(F)c(C(O)c2ccc3c(c2)CC(=O)N3)c1. The minimum atomic E-state index is -1.03. The van der Waals surface area contributed by atoms with Crippen LogP contribution >= 0.6 is 0 Å². The molecule has 1 heterocycles. The molecule has 20 heavy (non-hydrogen) atoms. The van der Waals surface area contributed by atoms with Crippen LogP contribution in [-0.4, -0.2) is 11.0 Å². The van der Waals surface area contributed by atoms with Crippen LogP contribution in [0, 0.1) is 12.7 Å². The molecule has 0 radical (unpaired) electrons. The van der Waals surface area contributed by atoms with E-state index in [2.05, 4.69) is 5.32 Å². The van der Waals surface area contributed by atoms with E-state index in [-0.39, 0.29) is 11.5 Å². The molecular weight excluding hydrogens is 257 g/mol. The molecule has 2 N–H and O–H groups in total. The number of aliphatic hydroxyl groups excluding tert-OH is 1. The van der Waals surface area contributed by atoms with Gasteiger partial charge in [-0.1, -0.05) is 29.8 Å². The van der Waals surface area contributed by atoms with Crippen LogP contribution in [0.1, 0.15) is 28.4 Å². The molecule has 4 heteroatoms. The van der Waals surface area contributed by atoms with Gasteiger partial charge in [0, 0.05) is 11.3 Å². The van der Waals surface area contributed by atoms with Crippen molar-refractivity contribution < 1.29 is 14.3 Å². The lowest BCUT2D eigenvalue weighted by Crippen LogP contribution is -2.03. The molecule has 1 unspecified atom stereocenters. The summed E-state index contributed by atoms with van der Waals surface area (Å²) in [5.74, 6) is -0.494. The number of benzene rings is 2. The molecule has 3 nitrogen and oxygen atoms in total. The number of fused-ring (bicyclic) bond motifs is 1. The molecule has 0 bridgehead atoms. The fraction of sp³-hybridized carbons (Fsp3) is 0.188. The highest BCUT2D eigenvalue weighted by Crippen LogP contribution is 2.30. The standard InChI is InChI=1S/C16H14FNO2/c1-9-2-4-13(17)12(6-9)16(20)10-3-5-14-11(7-10)8-15(19)18-14/h2-7,16,20H,8H2,1H3,(H,18,19). The van der Waals surface area contributed by atoms with Crippen molar-refractivity contribution in [2.45, 2.75) is 19.4 Å². The Labute approximate surface area is 116 Å². The van der Waals surface area contributed by atoms with Crippen LogP contribution in [0.5, 0.6) is 0 Å². The maximum Gasteiger partial charge on any atom is 0.228 e. The normalized spacial score (nSPS) is 14.8. The number of rotatable bonds is 2. The van der Waals surface area contributed by atoms with Crippen LogP contribution in [0.2, 0.25) is 0 Å². The highest BCUT2D eigenvalue weighted by Gasteiger charge is 2.21. The zero-order valence-electron chi connectivity index (χ0n) is 11.0. The van der Waals surface area contributed by atoms with E-state index in [1.165, 1.54) is 6.07 Å². The number of hydrogen-bond donors (Lipinski definition) is 2.